The van der Waals surface area contributed by atoms with Crippen molar-refractivity contribution in [1.29, 1.82) is 0 Å². The Balaban J connectivity index is 2.44. The quantitative estimate of drug-likeness (QED) is 0.704. The largest absolute Gasteiger partial charge is 0.312 e. The minimum atomic E-state index is 0.473. The highest BCUT2D eigenvalue weighted by Gasteiger charge is 2.25. The number of nitrogens with one attached hydrogen (secondary N) is 1. The highest BCUT2D eigenvalue weighted by Crippen LogP contribution is 2.26. The maximum Gasteiger partial charge on any atom is 0.0217 e. The first-order valence-electron chi connectivity index (χ1n) is 8.40. The van der Waals surface area contributed by atoms with Crippen LogP contribution in [0.3, 0.4) is 0 Å². The summed E-state index contributed by atoms with van der Waals surface area (Å²) in [6, 6.07) is 0.675. The van der Waals surface area contributed by atoms with Crippen LogP contribution in [0.2, 0.25) is 0 Å². The lowest BCUT2D eigenvalue weighted by molar-refractivity contribution is 0.156. The van der Waals surface area contributed by atoms with Crippen molar-refractivity contribution in [2.75, 3.05) is 26.2 Å². The fourth-order valence-electron chi connectivity index (χ4n) is 3.15. The van der Waals surface area contributed by atoms with Crippen molar-refractivity contribution in [3.63, 3.8) is 0 Å². The first-order valence-corrected chi connectivity index (χ1v) is 8.40. The number of hydrogen-bond donors (Lipinski definition) is 1. The summed E-state index contributed by atoms with van der Waals surface area (Å²) in [5, 5.41) is 3.71. The van der Waals surface area contributed by atoms with E-state index in [1.54, 1.807) is 0 Å². The molecule has 0 amide bonds. The van der Waals surface area contributed by atoms with E-state index < -0.39 is 0 Å². The molecule has 1 aliphatic heterocycles. The molecule has 1 N–H and O–H groups in total. The van der Waals surface area contributed by atoms with Crippen LogP contribution in [-0.2, 0) is 0 Å². The van der Waals surface area contributed by atoms with Crippen molar-refractivity contribution in [1.82, 2.24) is 10.2 Å². The summed E-state index contributed by atoms with van der Waals surface area (Å²) in [6.07, 6.45) is 6.79. The molecule has 0 saturated carbocycles. The van der Waals surface area contributed by atoms with Crippen molar-refractivity contribution >= 4 is 0 Å². The third kappa shape index (κ3) is 6.76. The van der Waals surface area contributed by atoms with Gasteiger partial charge in [-0.3, -0.25) is 0 Å². The summed E-state index contributed by atoms with van der Waals surface area (Å²) >= 11 is 0. The fourth-order valence-corrected chi connectivity index (χ4v) is 3.15. The van der Waals surface area contributed by atoms with Gasteiger partial charge >= 0.3 is 0 Å². The van der Waals surface area contributed by atoms with Gasteiger partial charge in [-0.25, -0.2) is 0 Å². The SMILES string of the molecule is CCCCCC(C)(C)CN1CCCNC(C(C)C)C1. The minimum Gasteiger partial charge on any atom is -0.312 e. The van der Waals surface area contributed by atoms with Gasteiger partial charge in [0.15, 0.2) is 0 Å². The summed E-state index contributed by atoms with van der Waals surface area (Å²) < 4.78 is 0. The van der Waals surface area contributed by atoms with Crippen LogP contribution >= 0.6 is 0 Å². The molecule has 1 unspecified atom stereocenters. The van der Waals surface area contributed by atoms with Crippen LogP contribution in [0.15, 0.2) is 0 Å². The van der Waals surface area contributed by atoms with Gasteiger partial charge in [0.25, 0.3) is 0 Å². The Morgan fingerprint density at radius 2 is 2.00 bits per heavy atom. The number of rotatable bonds is 7. The molecule has 1 saturated heterocycles. The van der Waals surface area contributed by atoms with E-state index in [9.17, 15) is 0 Å². The third-order valence-corrected chi connectivity index (χ3v) is 4.43. The standard InChI is InChI=1S/C17H36N2/c1-6-7-8-10-17(4,5)14-19-12-9-11-18-16(13-19)15(2)3/h15-16,18H,6-14H2,1-5H3. The van der Waals surface area contributed by atoms with Crippen LogP contribution in [0.4, 0.5) is 0 Å². The van der Waals surface area contributed by atoms with Crippen molar-refractivity contribution in [3.05, 3.63) is 0 Å². The Labute approximate surface area is 121 Å². The predicted octanol–water partition coefficient (Wildman–Crippen LogP) is 3.91. The van der Waals surface area contributed by atoms with Gasteiger partial charge in [-0.05, 0) is 37.3 Å². The maximum atomic E-state index is 3.71. The van der Waals surface area contributed by atoms with E-state index in [1.165, 1.54) is 58.3 Å². The molecule has 0 aromatic rings. The van der Waals surface area contributed by atoms with E-state index in [2.05, 4.69) is 44.8 Å². The molecular weight excluding hydrogens is 232 g/mol. The van der Waals surface area contributed by atoms with Crippen molar-refractivity contribution in [3.8, 4) is 0 Å². The molecule has 1 aliphatic rings. The van der Waals surface area contributed by atoms with Gasteiger partial charge in [0.1, 0.15) is 0 Å². The highest BCUT2D eigenvalue weighted by molar-refractivity contribution is 4.82. The first kappa shape index (κ1) is 17.0. The Hall–Kier alpha value is -0.0800. The van der Waals surface area contributed by atoms with E-state index in [1.807, 2.05) is 0 Å². The predicted molar refractivity (Wildman–Crippen MR) is 85.6 cm³/mol. The summed E-state index contributed by atoms with van der Waals surface area (Å²) in [5.74, 6) is 0.740. The van der Waals surface area contributed by atoms with Gasteiger partial charge in [0.2, 0.25) is 0 Å². The molecule has 0 radical (unpaired) electrons. The summed E-state index contributed by atoms with van der Waals surface area (Å²) in [4.78, 5) is 2.70. The van der Waals surface area contributed by atoms with Gasteiger partial charge in [-0.2, -0.15) is 0 Å². The van der Waals surface area contributed by atoms with Crippen LogP contribution in [0.25, 0.3) is 0 Å². The van der Waals surface area contributed by atoms with Crippen LogP contribution in [0.5, 0.6) is 0 Å². The molecule has 0 aromatic heterocycles. The van der Waals surface area contributed by atoms with Crippen molar-refractivity contribution < 1.29 is 0 Å². The van der Waals surface area contributed by atoms with E-state index in [-0.39, 0.29) is 0 Å². The number of unbranched alkanes of at least 4 members (excludes halogenated alkanes) is 2. The van der Waals surface area contributed by atoms with Gasteiger partial charge in [-0.15, -0.1) is 0 Å². The third-order valence-electron chi connectivity index (χ3n) is 4.43. The maximum absolute atomic E-state index is 3.71. The molecule has 0 spiro atoms. The lowest BCUT2D eigenvalue weighted by Crippen LogP contribution is -2.44. The van der Waals surface area contributed by atoms with Crippen molar-refractivity contribution in [2.24, 2.45) is 11.3 Å². The van der Waals surface area contributed by atoms with E-state index in [4.69, 9.17) is 0 Å². The lowest BCUT2D eigenvalue weighted by Gasteiger charge is -2.34. The zero-order valence-corrected chi connectivity index (χ0v) is 14.0. The normalized spacial score (nSPS) is 22.7. The Kier molecular flexibility index (Phi) is 7.38. The minimum absolute atomic E-state index is 0.473. The molecule has 1 rings (SSSR count). The van der Waals surface area contributed by atoms with Crippen LogP contribution in [0, 0.1) is 11.3 Å². The van der Waals surface area contributed by atoms with Gasteiger partial charge < -0.3 is 10.2 Å². The second-order valence-corrected chi connectivity index (χ2v) is 7.51. The van der Waals surface area contributed by atoms with Gasteiger partial charge in [0.05, 0.1) is 0 Å². The average Bonchev–Trinajstić information content (AvgIpc) is 2.54. The zero-order valence-electron chi connectivity index (χ0n) is 14.0. The Bertz CT molecular complexity index is 235. The Morgan fingerprint density at radius 3 is 2.63 bits per heavy atom. The molecule has 2 nitrogen and oxygen atoms in total. The van der Waals surface area contributed by atoms with Crippen LogP contribution in [-0.4, -0.2) is 37.1 Å². The van der Waals surface area contributed by atoms with Gasteiger partial charge in [-0.1, -0.05) is 53.9 Å². The second kappa shape index (κ2) is 8.26. The Morgan fingerprint density at radius 1 is 1.26 bits per heavy atom. The van der Waals surface area contributed by atoms with Crippen molar-refractivity contribution in [2.45, 2.75) is 72.8 Å². The van der Waals surface area contributed by atoms with E-state index >= 15 is 0 Å². The topological polar surface area (TPSA) is 15.3 Å². The van der Waals surface area contributed by atoms with E-state index in [0.717, 1.165) is 5.92 Å². The molecular formula is C17H36N2. The van der Waals surface area contributed by atoms with Crippen LogP contribution < -0.4 is 5.32 Å². The smallest absolute Gasteiger partial charge is 0.0217 e. The lowest BCUT2D eigenvalue weighted by atomic mass is 9.86. The summed E-state index contributed by atoms with van der Waals surface area (Å²) in [7, 11) is 0. The average molecular weight is 268 g/mol. The molecule has 2 heteroatoms. The molecule has 1 atom stereocenters. The van der Waals surface area contributed by atoms with E-state index in [0.29, 0.717) is 11.5 Å². The molecule has 0 bridgehead atoms. The summed E-state index contributed by atoms with van der Waals surface area (Å²) in [6.45, 7) is 16.8. The fraction of sp³-hybridized carbons (Fsp3) is 1.00. The van der Waals surface area contributed by atoms with Gasteiger partial charge in [0, 0.05) is 19.1 Å². The monoisotopic (exact) mass is 268 g/mol. The highest BCUT2D eigenvalue weighted by atomic mass is 15.2. The molecule has 1 heterocycles. The molecule has 19 heavy (non-hydrogen) atoms. The second-order valence-electron chi connectivity index (χ2n) is 7.51. The molecule has 114 valence electrons. The molecule has 1 fully saturated rings. The van der Waals surface area contributed by atoms with Crippen LogP contribution in [0.1, 0.15) is 66.7 Å². The number of nitrogens with zero attached hydrogens (tertiary/aromatic N) is 1. The first-order chi connectivity index (χ1) is 8.94. The molecule has 0 aliphatic carbocycles. The zero-order chi connectivity index (χ0) is 14.3. The molecule has 0 aromatic carbocycles. The number of hydrogen-bond acceptors (Lipinski definition) is 2. The summed E-state index contributed by atoms with van der Waals surface area (Å²) in [5.41, 5.74) is 0.473.